The number of carbonyl (C=O) groups excluding carboxylic acids is 1. The van der Waals surface area contributed by atoms with Crippen molar-refractivity contribution >= 4 is 33.0 Å². The van der Waals surface area contributed by atoms with Gasteiger partial charge in [0.15, 0.2) is 5.69 Å². The van der Waals surface area contributed by atoms with Gasteiger partial charge in [-0.3, -0.25) is 4.98 Å². The Kier molecular flexibility index (Phi) is 8.80. The molecule has 35 heavy (non-hydrogen) atoms. The smallest absolute Gasteiger partial charge is 0.545 e. The minimum absolute atomic E-state index is 0. The number of alkyl halides is 3. The number of pyridine rings is 1. The standard InChI is InChI=1S/C25H18BrF4NO3.Na/c26-16-8-9-22(34-13-14-4-1-2-7-21(14)27)19(11-16)18-6-3-5-17(18)15-10-20(24(32)33)23(31-12-15)25(28,29)30;/h1-2,4,7-12H,3,5-6,13H2,(H,32,33);/q;+1/p-1. The van der Waals surface area contributed by atoms with Crippen LogP contribution in [0, 0.1) is 5.82 Å². The average Bonchev–Trinajstić information content (AvgIpc) is 3.28. The van der Waals surface area contributed by atoms with Crippen LogP contribution in [0.1, 0.15) is 52.0 Å². The molecule has 0 spiro atoms. The maximum atomic E-state index is 14.0. The Bertz CT molecular complexity index is 1290. The van der Waals surface area contributed by atoms with Crippen LogP contribution in [0.2, 0.25) is 0 Å². The van der Waals surface area contributed by atoms with E-state index >= 15 is 0 Å². The van der Waals surface area contributed by atoms with Crippen LogP contribution in [0.5, 0.6) is 5.75 Å². The van der Waals surface area contributed by atoms with Gasteiger partial charge in [-0.15, -0.1) is 0 Å². The Morgan fingerprint density at radius 2 is 1.80 bits per heavy atom. The number of ether oxygens (including phenoxy) is 1. The zero-order chi connectivity index (χ0) is 24.5. The molecular formula is C25H17BrF4NNaO3. The second-order valence-electron chi connectivity index (χ2n) is 7.74. The van der Waals surface area contributed by atoms with Crippen molar-refractivity contribution in [3.05, 3.63) is 93.0 Å². The molecule has 1 aliphatic carbocycles. The summed E-state index contributed by atoms with van der Waals surface area (Å²) in [6, 6.07) is 12.5. The van der Waals surface area contributed by atoms with Crippen LogP contribution in [0.4, 0.5) is 17.6 Å². The third kappa shape index (κ3) is 6.14. The Morgan fingerprint density at radius 3 is 2.49 bits per heavy atom. The number of carboxylic acids is 1. The van der Waals surface area contributed by atoms with E-state index in [9.17, 15) is 27.5 Å². The predicted octanol–water partition coefficient (Wildman–Crippen LogP) is 3.04. The van der Waals surface area contributed by atoms with Crippen LogP contribution in [0.3, 0.4) is 0 Å². The average molecular weight is 558 g/mol. The number of halogens is 5. The van der Waals surface area contributed by atoms with Crippen molar-refractivity contribution in [2.75, 3.05) is 0 Å². The van der Waals surface area contributed by atoms with Gasteiger partial charge >= 0.3 is 35.7 Å². The zero-order valence-corrected chi connectivity index (χ0v) is 22.2. The summed E-state index contributed by atoms with van der Waals surface area (Å²) in [5, 5.41) is 11.4. The molecule has 2 aromatic carbocycles. The molecule has 0 atom stereocenters. The van der Waals surface area contributed by atoms with Crippen LogP contribution in [-0.4, -0.2) is 11.0 Å². The zero-order valence-electron chi connectivity index (χ0n) is 18.6. The molecule has 1 heterocycles. The molecule has 1 aliphatic rings. The minimum atomic E-state index is -4.92. The van der Waals surface area contributed by atoms with E-state index in [0.717, 1.165) is 22.3 Å². The molecule has 4 rings (SSSR count). The van der Waals surface area contributed by atoms with Crippen LogP contribution in [0.25, 0.3) is 11.1 Å². The number of rotatable bonds is 6. The van der Waals surface area contributed by atoms with Crippen molar-refractivity contribution in [2.24, 2.45) is 0 Å². The van der Waals surface area contributed by atoms with Crippen LogP contribution >= 0.6 is 15.9 Å². The van der Waals surface area contributed by atoms with Crippen LogP contribution < -0.4 is 39.4 Å². The number of carboxylic acid groups (broad SMARTS) is 1. The minimum Gasteiger partial charge on any atom is -0.545 e. The summed E-state index contributed by atoms with van der Waals surface area (Å²) >= 11 is 3.43. The second kappa shape index (κ2) is 11.2. The summed E-state index contributed by atoms with van der Waals surface area (Å²) in [7, 11) is 0. The summed E-state index contributed by atoms with van der Waals surface area (Å²) in [4.78, 5) is 14.8. The first-order valence-electron chi connectivity index (χ1n) is 10.3. The van der Waals surface area contributed by atoms with E-state index in [1.165, 1.54) is 6.07 Å². The molecular weight excluding hydrogens is 541 g/mol. The maximum Gasteiger partial charge on any atom is 1.00 e. The molecule has 0 N–H and O–H groups in total. The monoisotopic (exact) mass is 557 g/mol. The first-order chi connectivity index (χ1) is 16.1. The van der Waals surface area contributed by atoms with E-state index in [-0.39, 0.29) is 41.7 Å². The van der Waals surface area contributed by atoms with Gasteiger partial charge in [-0.2, -0.15) is 13.2 Å². The SMILES string of the molecule is O=C([O-])c1cc(C2=C(c3cc(Br)ccc3OCc3ccccc3F)CCC2)cnc1C(F)(F)F.[Na+]. The third-order valence-corrected chi connectivity index (χ3v) is 6.04. The van der Waals surface area contributed by atoms with Gasteiger partial charge in [0.25, 0.3) is 0 Å². The van der Waals surface area contributed by atoms with E-state index in [2.05, 4.69) is 20.9 Å². The van der Waals surface area contributed by atoms with Gasteiger partial charge in [0.2, 0.25) is 0 Å². The van der Waals surface area contributed by atoms with Gasteiger partial charge in [-0.1, -0.05) is 34.1 Å². The molecule has 176 valence electrons. The Morgan fingerprint density at radius 1 is 1.09 bits per heavy atom. The largest absolute Gasteiger partial charge is 1.00 e. The van der Waals surface area contributed by atoms with Crippen molar-refractivity contribution in [3.8, 4) is 5.75 Å². The number of hydrogen-bond donors (Lipinski definition) is 0. The van der Waals surface area contributed by atoms with Crippen molar-refractivity contribution < 1.29 is 61.8 Å². The first kappa shape index (κ1) is 27.4. The fraction of sp³-hybridized carbons (Fsp3) is 0.200. The summed E-state index contributed by atoms with van der Waals surface area (Å²) in [6.45, 7) is -0.0133. The van der Waals surface area contributed by atoms with Gasteiger partial charge in [-0.25, -0.2) is 4.39 Å². The quantitative estimate of drug-likeness (QED) is 0.345. The van der Waals surface area contributed by atoms with Gasteiger partial charge in [0.05, 0.1) is 5.97 Å². The molecule has 0 saturated carbocycles. The van der Waals surface area contributed by atoms with E-state index in [0.29, 0.717) is 41.7 Å². The van der Waals surface area contributed by atoms with Gasteiger partial charge < -0.3 is 14.6 Å². The normalized spacial score (nSPS) is 13.5. The molecule has 0 bridgehead atoms. The van der Waals surface area contributed by atoms with Gasteiger partial charge in [-0.05, 0) is 66.3 Å². The number of carbonyl (C=O) groups is 1. The Hall–Kier alpha value is -2.20. The molecule has 10 heteroatoms. The van der Waals surface area contributed by atoms with Crippen LogP contribution in [-0.2, 0) is 12.8 Å². The number of nitrogens with zero attached hydrogens (tertiary/aromatic N) is 1. The number of hydrogen-bond acceptors (Lipinski definition) is 4. The van der Waals surface area contributed by atoms with Gasteiger partial charge in [0.1, 0.15) is 18.2 Å². The molecule has 0 aliphatic heterocycles. The van der Waals surface area contributed by atoms with E-state index in [1.807, 2.05) is 6.07 Å². The molecule has 0 fully saturated rings. The Balaban J connectivity index is 0.00000342. The molecule has 0 radical (unpaired) electrons. The van der Waals surface area contributed by atoms with Crippen LogP contribution in [0.15, 0.2) is 59.2 Å². The molecule has 0 unspecified atom stereocenters. The van der Waals surface area contributed by atoms with Crippen molar-refractivity contribution in [1.82, 2.24) is 4.98 Å². The summed E-state index contributed by atoms with van der Waals surface area (Å²) in [6.07, 6.45) is -2.05. The van der Waals surface area contributed by atoms with Crippen molar-refractivity contribution in [1.29, 1.82) is 0 Å². The van der Waals surface area contributed by atoms with E-state index in [4.69, 9.17) is 4.74 Å². The molecule has 1 aromatic heterocycles. The van der Waals surface area contributed by atoms with Crippen molar-refractivity contribution in [3.63, 3.8) is 0 Å². The van der Waals surface area contributed by atoms with Crippen molar-refractivity contribution in [2.45, 2.75) is 32.0 Å². The molecule has 4 nitrogen and oxygen atoms in total. The number of aromatic nitrogens is 1. The molecule has 3 aromatic rings. The number of allylic oxidation sites excluding steroid dienone is 2. The Labute approximate surface area is 229 Å². The fourth-order valence-corrected chi connectivity index (χ4v) is 4.37. The topological polar surface area (TPSA) is 62.2 Å². The number of aromatic carboxylic acids is 1. The molecule has 0 amide bonds. The second-order valence-corrected chi connectivity index (χ2v) is 8.65. The summed E-state index contributed by atoms with van der Waals surface area (Å²) in [5.41, 5.74) is 0.324. The van der Waals surface area contributed by atoms with Gasteiger partial charge in [0, 0.05) is 27.4 Å². The van der Waals surface area contributed by atoms with E-state index < -0.39 is 29.2 Å². The fourth-order valence-electron chi connectivity index (χ4n) is 4.01. The third-order valence-electron chi connectivity index (χ3n) is 5.55. The number of benzene rings is 2. The maximum absolute atomic E-state index is 14.0. The molecule has 0 saturated heterocycles. The van der Waals surface area contributed by atoms with E-state index in [1.54, 1.807) is 30.3 Å². The first-order valence-corrected chi connectivity index (χ1v) is 11.1. The summed E-state index contributed by atoms with van der Waals surface area (Å²) < 4.78 is 60.3. The summed E-state index contributed by atoms with van der Waals surface area (Å²) in [5.74, 6) is -1.87. The predicted molar refractivity (Wildman–Crippen MR) is 119 cm³/mol.